The lowest BCUT2D eigenvalue weighted by Gasteiger charge is -2.20. The van der Waals surface area contributed by atoms with Gasteiger partial charge in [0.1, 0.15) is 0 Å². The van der Waals surface area contributed by atoms with Crippen molar-refractivity contribution >= 4 is 5.96 Å². The number of guanidine groups is 1. The van der Waals surface area contributed by atoms with Crippen molar-refractivity contribution in [3.8, 4) is 11.5 Å². The molecule has 2 N–H and O–H groups in total. The molecule has 1 fully saturated rings. The zero-order valence-electron chi connectivity index (χ0n) is 19.5. The lowest BCUT2D eigenvalue weighted by Crippen LogP contribution is -2.36. The Balaban J connectivity index is 1.32. The first-order valence-electron chi connectivity index (χ1n) is 11.6. The Morgan fingerprint density at radius 1 is 1.06 bits per heavy atom. The van der Waals surface area contributed by atoms with Gasteiger partial charge >= 0.3 is 0 Å². The third kappa shape index (κ3) is 6.28. The van der Waals surface area contributed by atoms with E-state index in [4.69, 9.17) is 9.47 Å². The fourth-order valence-corrected chi connectivity index (χ4v) is 4.11. The quantitative estimate of drug-likeness (QED) is 0.381. The molecule has 1 aliphatic rings. The van der Waals surface area contributed by atoms with Gasteiger partial charge in [-0.1, -0.05) is 36.4 Å². The molecule has 0 aliphatic heterocycles. The SMILES string of the molecule is CN=C(NCc1ccc(Cn2ccnc2)cc1)NCc1cccc(OC)c1OC1CCCC1. The Bertz CT molecular complexity index is 1030. The maximum absolute atomic E-state index is 6.34. The van der Waals surface area contributed by atoms with Gasteiger partial charge in [-0.05, 0) is 42.9 Å². The molecule has 4 rings (SSSR count). The lowest BCUT2D eigenvalue weighted by molar-refractivity contribution is 0.198. The van der Waals surface area contributed by atoms with E-state index in [0.717, 1.165) is 42.4 Å². The van der Waals surface area contributed by atoms with Crippen LogP contribution >= 0.6 is 0 Å². The number of ether oxygens (including phenoxy) is 2. The minimum atomic E-state index is 0.272. The molecule has 0 saturated heterocycles. The number of imidazole rings is 1. The Morgan fingerprint density at radius 2 is 1.82 bits per heavy atom. The number of hydrogen-bond acceptors (Lipinski definition) is 4. The summed E-state index contributed by atoms with van der Waals surface area (Å²) in [5.41, 5.74) is 3.50. The highest BCUT2D eigenvalue weighted by Crippen LogP contribution is 2.34. The minimum Gasteiger partial charge on any atom is -0.493 e. The van der Waals surface area contributed by atoms with Crippen molar-refractivity contribution in [1.82, 2.24) is 20.2 Å². The van der Waals surface area contributed by atoms with E-state index in [-0.39, 0.29) is 6.10 Å². The number of nitrogens with one attached hydrogen (secondary N) is 2. The molecule has 1 heterocycles. The van der Waals surface area contributed by atoms with Gasteiger partial charge in [0.2, 0.25) is 0 Å². The van der Waals surface area contributed by atoms with Crippen LogP contribution in [0.1, 0.15) is 42.4 Å². The number of rotatable bonds is 9. The van der Waals surface area contributed by atoms with Gasteiger partial charge in [-0.2, -0.15) is 0 Å². The van der Waals surface area contributed by atoms with Crippen LogP contribution in [0.15, 0.2) is 66.2 Å². The Hall–Kier alpha value is -3.48. The van der Waals surface area contributed by atoms with E-state index >= 15 is 0 Å². The van der Waals surface area contributed by atoms with E-state index in [1.807, 2.05) is 24.7 Å². The van der Waals surface area contributed by atoms with Crippen molar-refractivity contribution in [2.45, 2.75) is 51.4 Å². The van der Waals surface area contributed by atoms with E-state index in [2.05, 4.69) is 55.5 Å². The molecule has 0 unspecified atom stereocenters. The third-order valence-corrected chi connectivity index (χ3v) is 5.94. The molecule has 0 radical (unpaired) electrons. The molecule has 0 amide bonds. The van der Waals surface area contributed by atoms with E-state index in [1.54, 1.807) is 20.4 Å². The number of methoxy groups -OCH3 is 1. The molecular formula is C26H33N5O2. The summed E-state index contributed by atoms with van der Waals surface area (Å²) in [7, 11) is 3.47. The number of hydrogen-bond donors (Lipinski definition) is 2. The number of benzene rings is 2. The summed E-state index contributed by atoms with van der Waals surface area (Å²) in [4.78, 5) is 8.47. The summed E-state index contributed by atoms with van der Waals surface area (Å²) in [6.07, 6.45) is 10.5. The molecule has 7 nitrogen and oxygen atoms in total. The first-order valence-corrected chi connectivity index (χ1v) is 11.6. The molecule has 0 spiro atoms. The van der Waals surface area contributed by atoms with Gasteiger partial charge in [0.05, 0.1) is 19.5 Å². The first kappa shape index (κ1) is 22.7. The fraction of sp³-hybridized carbons (Fsp3) is 0.385. The summed E-state index contributed by atoms with van der Waals surface area (Å²) in [6, 6.07) is 14.6. The predicted octanol–water partition coefficient (Wildman–Crippen LogP) is 4.13. The second-order valence-electron chi connectivity index (χ2n) is 8.30. The summed E-state index contributed by atoms with van der Waals surface area (Å²) < 4.78 is 14.0. The van der Waals surface area contributed by atoms with E-state index in [0.29, 0.717) is 13.1 Å². The molecule has 0 atom stereocenters. The van der Waals surface area contributed by atoms with Crippen LogP contribution in [0.3, 0.4) is 0 Å². The van der Waals surface area contributed by atoms with E-state index < -0.39 is 0 Å². The Labute approximate surface area is 195 Å². The average molecular weight is 448 g/mol. The molecule has 3 aromatic rings. The zero-order chi connectivity index (χ0) is 22.9. The zero-order valence-corrected chi connectivity index (χ0v) is 19.5. The highest BCUT2D eigenvalue weighted by Gasteiger charge is 2.20. The summed E-state index contributed by atoms with van der Waals surface area (Å²) in [6.45, 7) is 2.11. The van der Waals surface area contributed by atoms with Gasteiger partial charge in [-0.3, -0.25) is 4.99 Å². The molecule has 33 heavy (non-hydrogen) atoms. The molecule has 1 aromatic heterocycles. The van der Waals surface area contributed by atoms with Gasteiger partial charge in [0, 0.05) is 44.6 Å². The van der Waals surface area contributed by atoms with Crippen molar-refractivity contribution in [1.29, 1.82) is 0 Å². The number of aromatic nitrogens is 2. The van der Waals surface area contributed by atoms with Crippen LogP contribution in [-0.4, -0.2) is 35.8 Å². The highest BCUT2D eigenvalue weighted by molar-refractivity contribution is 5.79. The monoisotopic (exact) mass is 447 g/mol. The average Bonchev–Trinajstić information content (AvgIpc) is 3.55. The molecule has 2 aromatic carbocycles. The second kappa shape index (κ2) is 11.4. The maximum atomic E-state index is 6.34. The van der Waals surface area contributed by atoms with Crippen LogP contribution in [0.4, 0.5) is 0 Å². The van der Waals surface area contributed by atoms with Crippen LogP contribution in [0.2, 0.25) is 0 Å². The van der Waals surface area contributed by atoms with Crippen molar-refractivity contribution < 1.29 is 9.47 Å². The van der Waals surface area contributed by atoms with E-state index in [9.17, 15) is 0 Å². The summed E-state index contributed by atoms with van der Waals surface area (Å²) in [5.74, 6) is 2.36. The van der Waals surface area contributed by atoms with Crippen LogP contribution in [-0.2, 0) is 19.6 Å². The minimum absolute atomic E-state index is 0.272. The first-order chi connectivity index (χ1) is 16.2. The Morgan fingerprint density at radius 3 is 2.52 bits per heavy atom. The number of aliphatic imine (C=N–C) groups is 1. The van der Waals surface area contributed by atoms with Gasteiger partial charge in [-0.15, -0.1) is 0 Å². The van der Waals surface area contributed by atoms with Gasteiger partial charge < -0.3 is 24.7 Å². The van der Waals surface area contributed by atoms with Crippen molar-refractivity contribution in [3.63, 3.8) is 0 Å². The van der Waals surface area contributed by atoms with Crippen molar-refractivity contribution in [2.24, 2.45) is 4.99 Å². The van der Waals surface area contributed by atoms with Gasteiger partial charge in [0.15, 0.2) is 17.5 Å². The normalized spacial score (nSPS) is 14.3. The molecule has 0 bridgehead atoms. The molecule has 1 saturated carbocycles. The fourth-order valence-electron chi connectivity index (χ4n) is 4.11. The molecular weight excluding hydrogens is 414 g/mol. The maximum Gasteiger partial charge on any atom is 0.191 e. The van der Waals surface area contributed by atoms with Crippen LogP contribution < -0.4 is 20.1 Å². The largest absolute Gasteiger partial charge is 0.493 e. The third-order valence-electron chi connectivity index (χ3n) is 5.94. The smallest absolute Gasteiger partial charge is 0.191 e. The van der Waals surface area contributed by atoms with Crippen LogP contribution in [0.5, 0.6) is 11.5 Å². The number of nitrogens with zero attached hydrogens (tertiary/aromatic N) is 3. The Kier molecular flexibility index (Phi) is 7.85. The standard InChI is InChI=1S/C26H33N5O2/c1-27-26(29-16-20-10-12-21(13-11-20)18-31-15-14-28-19-31)30-17-22-6-5-9-24(32-2)25(22)33-23-7-3-4-8-23/h5-6,9-15,19,23H,3-4,7-8,16-18H2,1-2H3,(H2,27,29,30). The highest BCUT2D eigenvalue weighted by atomic mass is 16.5. The molecule has 1 aliphatic carbocycles. The number of para-hydroxylation sites is 1. The van der Waals surface area contributed by atoms with Crippen molar-refractivity contribution in [3.05, 3.63) is 77.9 Å². The van der Waals surface area contributed by atoms with Gasteiger partial charge in [-0.25, -0.2) is 4.98 Å². The van der Waals surface area contributed by atoms with Gasteiger partial charge in [0.25, 0.3) is 0 Å². The van der Waals surface area contributed by atoms with Crippen LogP contribution in [0, 0.1) is 0 Å². The van der Waals surface area contributed by atoms with Crippen molar-refractivity contribution in [2.75, 3.05) is 14.2 Å². The second-order valence-corrected chi connectivity index (χ2v) is 8.30. The topological polar surface area (TPSA) is 72.7 Å². The predicted molar refractivity (Wildman–Crippen MR) is 131 cm³/mol. The summed E-state index contributed by atoms with van der Waals surface area (Å²) in [5, 5.41) is 6.80. The molecule has 7 heteroatoms. The van der Waals surface area contributed by atoms with Crippen LogP contribution in [0.25, 0.3) is 0 Å². The summed E-state index contributed by atoms with van der Waals surface area (Å²) >= 11 is 0. The lowest BCUT2D eigenvalue weighted by atomic mass is 10.1. The van der Waals surface area contributed by atoms with E-state index in [1.165, 1.54) is 24.0 Å². The molecule has 174 valence electrons.